The van der Waals surface area contributed by atoms with Crippen molar-refractivity contribution in [2.75, 3.05) is 26.7 Å². The topological polar surface area (TPSA) is 62.7 Å². The molecule has 0 heterocycles. The van der Waals surface area contributed by atoms with Crippen molar-refractivity contribution in [3.8, 4) is 0 Å². The molecular formula is C12H25N3O2. The lowest BCUT2D eigenvalue weighted by atomic mass is 10.2. The van der Waals surface area contributed by atoms with Crippen LogP contribution in [0.5, 0.6) is 0 Å². The molecule has 2 N–H and O–H groups in total. The van der Waals surface area contributed by atoms with Gasteiger partial charge < -0.3 is 15.4 Å². The third-order valence-electron chi connectivity index (χ3n) is 2.17. The number of methoxy groups -OCH3 is 1. The van der Waals surface area contributed by atoms with Gasteiger partial charge in [-0.25, -0.2) is 0 Å². The van der Waals surface area contributed by atoms with E-state index in [0.29, 0.717) is 6.42 Å². The van der Waals surface area contributed by atoms with Gasteiger partial charge in [0.1, 0.15) is 0 Å². The maximum absolute atomic E-state index is 10.9. The van der Waals surface area contributed by atoms with Crippen molar-refractivity contribution >= 4 is 11.9 Å². The number of guanidine groups is 1. The molecule has 0 rings (SSSR count). The first-order chi connectivity index (χ1) is 8.24. The van der Waals surface area contributed by atoms with Gasteiger partial charge in [0.25, 0.3) is 0 Å². The van der Waals surface area contributed by atoms with Crippen LogP contribution in [-0.2, 0) is 9.53 Å². The molecule has 5 heteroatoms. The van der Waals surface area contributed by atoms with Crippen molar-refractivity contribution < 1.29 is 9.53 Å². The van der Waals surface area contributed by atoms with E-state index in [1.165, 1.54) is 7.11 Å². The molecule has 0 aromatic rings. The summed E-state index contributed by atoms with van der Waals surface area (Å²) in [6.07, 6.45) is 3.30. The van der Waals surface area contributed by atoms with Crippen LogP contribution in [0, 0.1) is 0 Å². The fraction of sp³-hybridized carbons (Fsp3) is 0.833. The molecule has 0 spiro atoms. The largest absolute Gasteiger partial charge is 0.469 e. The van der Waals surface area contributed by atoms with Crippen LogP contribution >= 0.6 is 0 Å². The zero-order valence-corrected chi connectivity index (χ0v) is 11.2. The maximum atomic E-state index is 10.9. The molecule has 0 saturated carbocycles. The monoisotopic (exact) mass is 243 g/mol. The summed E-state index contributed by atoms with van der Waals surface area (Å²) in [6, 6.07) is 0. The Balaban J connectivity index is 3.64. The van der Waals surface area contributed by atoms with E-state index in [9.17, 15) is 4.79 Å². The van der Waals surface area contributed by atoms with Crippen LogP contribution in [0.3, 0.4) is 0 Å². The standard InChI is InChI=1S/C12H25N3O2/c1-4-9-14-12(13-5-2)15-10-7-6-8-11(16)17-3/h4-10H2,1-3H3,(H2,13,14,15). The number of unbranched alkanes of at least 4 members (excludes halogenated alkanes) is 1. The number of carbonyl (C=O) groups excluding carboxylic acids is 1. The zero-order chi connectivity index (χ0) is 12.9. The summed E-state index contributed by atoms with van der Waals surface area (Å²) in [5.41, 5.74) is 0. The molecule has 0 amide bonds. The predicted molar refractivity (Wildman–Crippen MR) is 70.1 cm³/mol. The second kappa shape index (κ2) is 11.2. The first-order valence-corrected chi connectivity index (χ1v) is 6.33. The fourth-order valence-electron chi connectivity index (χ4n) is 1.27. The van der Waals surface area contributed by atoms with E-state index in [0.717, 1.165) is 44.9 Å². The zero-order valence-electron chi connectivity index (χ0n) is 11.2. The summed E-state index contributed by atoms with van der Waals surface area (Å²) < 4.78 is 4.57. The van der Waals surface area contributed by atoms with Gasteiger partial charge >= 0.3 is 5.97 Å². The van der Waals surface area contributed by atoms with Gasteiger partial charge in [0.15, 0.2) is 5.96 Å². The van der Waals surface area contributed by atoms with E-state index in [1.54, 1.807) is 0 Å². The number of esters is 1. The Morgan fingerprint density at radius 1 is 1.24 bits per heavy atom. The van der Waals surface area contributed by atoms with E-state index in [1.807, 2.05) is 6.92 Å². The summed E-state index contributed by atoms with van der Waals surface area (Å²) in [5.74, 6) is 0.712. The molecule has 0 aromatic carbocycles. The lowest BCUT2D eigenvalue weighted by Crippen LogP contribution is -2.37. The highest BCUT2D eigenvalue weighted by atomic mass is 16.5. The number of hydrogen-bond donors (Lipinski definition) is 2. The van der Waals surface area contributed by atoms with Crippen molar-refractivity contribution in [1.82, 2.24) is 10.6 Å². The van der Waals surface area contributed by atoms with E-state index >= 15 is 0 Å². The van der Waals surface area contributed by atoms with Crippen molar-refractivity contribution in [3.05, 3.63) is 0 Å². The van der Waals surface area contributed by atoms with Crippen LogP contribution in [0.25, 0.3) is 0 Å². The van der Waals surface area contributed by atoms with E-state index in [4.69, 9.17) is 0 Å². The Bertz CT molecular complexity index is 230. The summed E-state index contributed by atoms with van der Waals surface area (Å²) in [7, 11) is 1.42. The minimum absolute atomic E-state index is 0.142. The molecule has 0 saturated heterocycles. The number of aliphatic imine (C=N–C) groups is 1. The lowest BCUT2D eigenvalue weighted by molar-refractivity contribution is -0.140. The van der Waals surface area contributed by atoms with Crippen molar-refractivity contribution in [1.29, 1.82) is 0 Å². The van der Waals surface area contributed by atoms with Crippen molar-refractivity contribution in [2.45, 2.75) is 39.5 Å². The minimum atomic E-state index is -0.142. The molecule has 0 aliphatic rings. The molecule has 0 aromatic heterocycles. The van der Waals surface area contributed by atoms with E-state index in [-0.39, 0.29) is 5.97 Å². The van der Waals surface area contributed by atoms with Crippen LogP contribution in [0.2, 0.25) is 0 Å². The number of nitrogens with one attached hydrogen (secondary N) is 2. The van der Waals surface area contributed by atoms with Gasteiger partial charge in [-0.05, 0) is 26.2 Å². The highest BCUT2D eigenvalue weighted by Crippen LogP contribution is 1.95. The Kier molecular flexibility index (Phi) is 10.4. The smallest absolute Gasteiger partial charge is 0.305 e. The fourth-order valence-corrected chi connectivity index (χ4v) is 1.27. The van der Waals surface area contributed by atoms with Gasteiger partial charge in [-0.2, -0.15) is 0 Å². The molecule has 100 valence electrons. The summed E-state index contributed by atoms with van der Waals surface area (Å²) in [6.45, 7) is 6.66. The highest BCUT2D eigenvalue weighted by Gasteiger charge is 2.00. The number of hydrogen-bond acceptors (Lipinski definition) is 3. The lowest BCUT2D eigenvalue weighted by Gasteiger charge is -2.10. The molecule has 0 aliphatic carbocycles. The molecule has 0 radical (unpaired) electrons. The highest BCUT2D eigenvalue weighted by molar-refractivity contribution is 5.79. The Hall–Kier alpha value is -1.26. The van der Waals surface area contributed by atoms with Gasteiger partial charge in [-0.1, -0.05) is 6.92 Å². The number of nitrogens with zero attached hydrogens (tertiary/aromatic N) is 1. The average molecular weight is 243 g/mol. The molecule has 5 nitrogen and oxygen atoms in total. The Morgan fingerprint density at radius 3 is 2.59 bits per heavy atom. The molecule has 0 unspecified atom stereocenters. The summed E-state index contributed by atoms with van der Waals surface area (Å²) in [4.78, 5) is 15.3. The normalized spacial score (nSPS) is 11.1. The average Bonchev–Trinajstić information content (AvgIpc) is 2.34. The molecule has 0 fully saturated rings. The third-order valence-corrected chi connectivity index (χ3v) is 2.17. The molecule has 0 atom stereocenters. The third kappa shape index (κ3) is 9.66. The van der Waals surface area contributed by atoms with Crippen LogP contribution in [0.4, 0.5) is 0 Å². The van der Waals surface area contributed by atoms with Crippen LogP contribution < -0.4 is 10.6 Å². The Morgan fingerprint density at radius 2 is 2.00 bits per heavy atom. The number of carbonyl (C=O) groups is 1. The molecular weight excluding hydrogens is 218 g/mol. The minimum Gasteiger partial charge on any atom is -0.469 e. The SMILES string of the molecule is CCCN=C(NCC)NCCCCC(=O)OC. The maximum Gasteiger partial charge on any atom is 0.305 e. The van der Waals surface area contributed by atoms with Crippen molar-refractivity contribution in [2.24, 2.45) is 4.99 Å². The Labute approximate surface area is 104 Å². The summed E-state index contributed by atoms with van der Waals surface area (Å²) in [5, 5.41) is 6.41. The first-order valence-electron chi connectivity index (χ1n) is 6.33. The number of rotatable bonds is 8. The predicted octanol–water partition coefficient (Wildman–Crippen LogP) is 1.29. The number of ether oxygens (including phenoxy) is 1. The second-order valence-electron chi connectivity index (χ2n) is 3.72. The van der Waals surface area contributed by atoms with Gasteiger partial charge in [-0.15, -0.1) is 0 Å². The quantitative estimate of drug-likeness (QED) is 0.292. The van der Waals surface area contributed by atoms with Crippen LogP contribution in [-0.4, -0.2) is 38.7 Å². The summed E-state index contributed by atoms with van der Waals surface area (Å²) >= 11 is 0. The van der Waals surface area contributed by atoms with Gasteiger partial charge in [0.05, 0.1) is 7.11 Å². The van der Waals surface area contributed by atoms with Crippen LogP contribution in [0.1, 0.15) is 39.5 Å². The van der Waals surface area contributed by atoms with Gasteiger partial charge in [0.2, 0.25) is 0 Å². The van der Waals surface area contributed by atoms with E-state index < -0.39 is 0 Å². The second-order valence-corrected chi connectivity index (χ2v) is 3.72. The van der Waals surface area contributed by atoms with E-state index in [2.05, 4.69) is 27.3 Å². The van der Waals surface area contributed by atoms with Gasteiger partial charge in [-0.3, -0.25) is 9.79 Å². The molecule has 0 bridgehead atoms. The first kappa shape index (κ1) is 15.7. The van der Waals surface area contributed by atoms with Gasteiger partial charge in [0, 0.05) is 26.1 Å². The van der Waals surface area contributed by atoms with Crippen molar-refractivity contribution in [3.63, 3.8) is 0 Å². The molecule has 0 aliphatic heterocycles. The molecule has 17 heavy (non-hydrogen) atoms. The van der Waals surface area contributed by atoms with Crippen LogP contribution in [0.15, 0.2) is 4.99 Å².